The van der Waals surface area contributed by atoms with E-state index in [1.807, 2.05) is 34.1 Å². The molecule has 54 heavy (non-hydrogen) atoms. The average molecular weight is 1010 g/mol. The van der Waals surface area contributed by atoms with E-state index in [2.05, 4.69) is 124 Å². The van der Waals surface area contributed by atoms with Crippen molar-refractivity contribution in [2.24, 2.45) is 0 Å². The number of amides is 2. The first-order valence-electron chi connectivity index (χ1n) is 19.0. The van der Waals surface area contributed by atoms with Gasteiger partial charge in [-0.25, -0.2) is 0 Å². The Balaban J connectivity index is 1.63. The zero-order valence-electron chi connectivity index (χ0n) is 34.9. The smallest absolute Gasteiger partial charge is 0.314 e. The predicted molar refractivity (Wildman–Crippen MR) is 250 cm³/mol. The Morgan fingerprint density at radius 3 is 1.04 bits per heavy atom. The first kappa shape index (κ1) is 46.6. The summed E-state index contributed by atoms with van der Waals surface area (Å²) in [6, 6.07) is 9.78. The predicted octanol–water partition coefficient (Wildman–Crippen LogP) is 12.3. The molecule has 2 aliphatic rings. The van der Waals surface area contributed by atoms with Crippen molar-refractivity contribution in [2.45, 2.75) is 129 Å². The number of fused-ring (bicyclic) bond motifs is 1. The molecular weight excluding hydrogens is 949 g/mol. The molecule has 2 aromatic rings. The molecule has 2 amide bonds. The van der Waals surface area contributed by atoms with Crippen molar-refractivity contribution in [3.63, 3.8) is 0 Å². The molecule has 0 atom stereocenters. The molecule has 302 valence electrons. The van der Waals surface area contributed by atoms with Gasteiger partial charge in [0.1, 0.15) is 0 Å². The molecule has 8 nitrogen and oxygen atoms in total. The van der Waals surface area contributed by atoms with Crippen LogP contribution in [0.1, 0.15) is 35.4 Å². The summed E-state index contributed by atoms with van der Waals surface area (Å²) in [6.45, 7) is 32.2. The molecule has 4 rings (SSSR count). The lowest BCUT2D eigenvalue weighted by molar-refractivity contribution is -0.124. The van der Waals surface area contributed by atoms with Gasteiger partial charge in [0.15, 0.2) is 33.3 Å². The molecule has 0 aliphatic carbocycles. The molecule has 0 aromatic carbocycles. The van der Waals surface area contributed by atoms with Crippen molar-refractivity contribution >= 4 is 128 Å². The van der Waals surface area contributed by atoms with Gasteiger partial charge in [-0.15, -0.1) is 22.7 Å². The number of hydrogen-bond donors (Lipinski definition) is 0. The Hall–Kier alpha value is -0.0787. The highest BCUT2D eigenvalue weighted by Crippen LogP contribution is 2.49. The highest BCUT2D eigenvalue weighted by atomic mass is 79.9. The lowest BCUT2D eigenvalue weighted by Crippen LogP contribution is -2.52. The van der Waals surface area contributed by atoms with E-state index in [0.29, 0.717) is 24.2 Å². The Morgan fingerprint density at radius 1 is 0.500 bits per heavy atom. The molecule has 0 saturated heterocycles. The van der Waals surface area contributed by atoms with E-state index in [1.54, 1.807) is 22.7 Å². The standard InChI is InChI=1S/C36H62Br2N2O6S2Si6/c1-49(2,3)43-53(13,44-50(4,5)6)25-17-15-23-39-33(27-19-21-29(37)47-27)31-32(35(39)41)34(28-20-22-30(38)48-28)40(36(31)42)24-16-18-26-54(14,45-51(7,8)9)46-52(10,11)12/h19-22H,15-18,23-26H2,1-14H3. The number of nitrogens with zero attached hydrogens (tertiary/aromatic N) is 2. The Bertz CT molecular complexity index is 1600. The van der Waals surface area contributed by atoms with Gasteiger partial charge in [-0.05, 0) is 186 Å². The Morgan fingerprint density at radius 2 is 0.796 bits per heavy atom. The van der Waals surface area contributed by atoms with E-state index in [9.17, 15) is 9.59 Å². The second kappa shape index (κ2) is 17.6. The van der Waals surface area contributed by atoms with Crippen LogP contribution < -0.4 is 0 Å². The van der Waals surface area contributed by atoms with Gasteiger partial charge in [-0.2, -0.15) is 0 Å². The monoisotopic (exact) mass is 1010 g/mol. The second-order valence-electron chi connectivity index (χ2n) is 18.6. The van der Waals surface area contributed by atoms with E-state index >= 15 is 0 Å². The fourth-order valence-electron chi connectivity index (χ4n) is 7.49. The summed E-state index contributed by atoms with van der Waals surface area (Å²) in [4.78, 5) is 35.0. The Kier molecular flexibility index (Phi) is 15.2. The number of halogens is 2. The van der Waals surface area contributed by atoms with Crippen LogP contribution in [-0.2, 0) is 26.0 Å². The molecule has 0 saturated carbocycles. The highest BCUT2D eigenvalue weighted by molar-refractivity contribution is 9.11. The topological polar surface area (TPSA) is 77.5 Å². The number of unbranched alkanes of at least 4 members (excludes halogenated alkanes) is 2. The summed E-state index contributed by atoms with van der Waals surface area (Å²) in [7, 11) is -12.1. The van der Waals surface area contributed by atoms with Crippen molar-refractivity contribution in [2.75, 3.05) is 13.1 Å². The molecule has 18 heteroatoms. The van der Waals surface area contributed by atoms with Crippen molar-refractivity contribution < 1.29 is 26.0 Å². The summed E-state index contributed by atoms with van der Waals surface area (Å²) >= 11 is 10.4. The van der Waals surface area contributed by atoms with E-state index in [1.165, 1.54) is 0 Å². The molecule has 0 unspecified atom stereocenters. The minimum absolute atomic E-state index is 0.0938. The highest BCUT2D eigenvalue weighted by Gasteiger charge is 2.49. The van der Waals surface area contributed by atoms with Crippen molar-refractivity contribution in [3.05, 3.63) is 52.7 Å². The maximum atomic E-state index is 14.7. The van der Waals surface area contributed by atoms with Crippen molar-refractivity contribution in [1.82, 2.24) is 9.80 Å². The van der Waals surface area contributed by atoms with Crippen LogP contribution in [0.3, 0.4) is 0 Å². The fraction of sp³-hybridized carbons (Fsp3) is 0.611. The maximum Gasteiger partial charge on any atom is 0.314 e. The van der Waals surface area contributed by atoms with Gasteiger partial charge in [-0.1, -0.05) is 0 Å². The first-order valence-corrected chi connectivity index (χ1v) is 40.9. The van der Waals surface area contributed by atoms with E-state index in [0.717, 1.165) is 66.5 Å². The third-order valence-corrected chi connectivity index (χ3v) is 30.9. The number of carbonyl (C=O) groups excluding carboxylic acids is 2. The second-order valence-corrected chi connectivity index (χ2v) is 49.2. The number of hydrogen-bond acceptors (Lipinski definition) is 8. The molecule has 4 heterocycles. The number of rotatable bonds is 20. The van der Waals surface area contributed by atoms with Crippen LogP contribution >= 0.6 is 54.5 Å². The number of carbonyl (C=O) groups is 2. The molecule has 2 aliphatic heterocycles. The van der Waals surface area contributed by atoms with Crippen LogP contribution in [-0.4, -0.2) is 85.1 Å². The van der Waals surface area contributed by atoms with Gasteiger partial charge in [0.25, 0.3) is 11.8 Å². The molecule has 2 aromatic heterocycles. The lowest BCUT2D eigenvalue weighted by Gasteiger charge is -2.38. The van der Waals surface area contributed by atoms with E-state index in [-0.39, 0.29) is 11.8 Å². The van der Waals surface area contributed by atoms with Crippen LogP contribution in [0.2, 0.25) is 104 Å². The maximum absolute atomic E-state index is 14.7. The lowest BCUT2D eigenvalue weighted by atomic mass is 10.1. The summed E-state index contributed by atoms with van der Waals surface area (Å²) in [5, 5.41) is 0. The molecular formula is C36H62Br2N2O6S2Si6. The normalized spacial score (nSPS) is 16.5. The first-order chi connectivity index (χ1) is 24.6. The van der Waals surface area contributed by atoms with Crippen LogP contribution in [0.25, 0.3) is 11.4 Å². The van der Waals surface area contributed by atoms with Gasteiger partial charge in [0, 0.05) is 13.1 Å². The van der Waals surface area contributed by atoms with Gasteiger partial charge >= 0.3 is 17.1 Å². The largest absolute Gasteiger partial charge is 0.437 e. The SMILES string of the molecule is C[Si](C)(C)O[Si](C)(CCCCN1C(=O)C2=C(c3ccc(Br)s3)N(CCCC[Si](C)(O[Si](C)(C)C)O[Si](C)(C)C)C(=O)C2=C1c1ccc(Br)s1)O[Si](C)(C)C. The molecule has 0 spiro atoms. The van der Waals surface area contributed by atoms with Crippen molar-refractivity contribution in [3.8, 4) is 0 Å². The van der Waals surface area contributed by atoms with Gasteiger partial charge < -0.3 is 26.3 Å². The zero-order chi connectivity index (χ0) is 40.7. The quantitative estimate of drug-likeness (QED) is 0.0971. The fourth-order valence-corrected chi connectivity index (χ4v) is 35.6. The van der Waals surface area contributed by atoms with Crippen LogP contribution in [0.5, 0.6) is 0 Å². The summed E-state index contributed by atoms with van der Waals surface area (Å²) in [5.74, 6) is -0.188. The molecule has 0 radical (unpaired) electrons. The molecule has 0 bridgehead atoms. The molecule has 0 fully saturated rings. The van der Waals surface area contributed by atoms with Gasteiger partial charge in [0.05, 0.1) is 39.9 Å². The third kappa shape index (κ3) is 13.0. The zero-order valence-corrected chi connectivity index (χ0v) is 45.7. The van der Waals surface area contributed by atoms with E-state index < -0.39 is 50.4 Å². The van der Waals surface area contributed by atoms with Gasteiger partial charge in [0.2, 0.25) is 0 Å². The van der Waals surface area contributed by atoms with Crippen molar-refractivity contribution in [1.29, 1.82) is 0 Å². The number of thiophene rings is 2. The third-order valence-electron chi connectivity index (χ3n) is 8.41. The van der Waals surface area contributed by atoms with Crippen LogP contribution in [0.4, 0.5) is 0 Å². The minimum Gasteiger partial charge on any atom is -0.437 e. The van der Waals surface area contributed by atoms with Crippen LogP contribution in [0.15, 0.2) is 43.0 Å². The average Bonchev–Trinajstić information content (AvgIpc) is 3.70. The summed E-state index contributed by atoms with van der Waals surface area (Å²) < 4.78 is 29.0. The summed E-state index contributed by atoms with van der Waals surface area (Å²) in [5.41, 5.74) is 2.52. The van der Waals surface area contributed by atoms with Crippen LogP contribution in [0, 0.1) is 0 Å². The summed E-state index contributed by atoms with van der Waals surface area (Å²) in [6.07, 6.45) is 3.34. The minimum atomic E-state index is -2.42. The Labute approximate surface area is 356 Å². The van der Waals surface area contributed by atoms with Gasteiger partial charge in [-0.3, -0.25) is 9.59 Å². The van der Waals surface area contributed by atoms with E-state index in [4.69, 9.17) is 16.5 Å². The molecule has 0 N–H and O–H groups in total.